The Morgan fingerprint density at radius 2 is 1.97 bits per heavy atom. The molecule has 1 aromatic heterocycles. The number of aromatic nitrogens is 1. The van der Waals surface area contributed by atoms with E-state index in [1.165, 1.54) is 44.6 Å². The first-order valence-electron chi connectivity index (χ1n) is 11.8. The summed E-state index contributed by atoms with van der Waals surface area (Å²) in [6, 6.07) is 8.73. The molecule has 0 saturated carbocycles. The Bertz CT molecular complexity index is 1430. The fourth-order valence-corrected chi connectivity index (χ4v) is 4.22. The van der Waals surface area contributed by atoms with Gasteiger partial charge in [0, 0.05) is 41.4 Å². The van der Waals surface area contributed by atoms with Crippen LogP contribution in [-0.2, 0) is 5.60 Å². The van der Waals surface area contributed by atoms with Crippen molar-refractivity contribution in [3.63, 3.8) is 0 Å². The normalized spacial score (nSPS) is 16.5. The lowest BCUT2D eigenvalue weighted by atomic mass is 9.92. The van der Waals surface area contributed by atoms with Crippen molar-refractivity contribution >= 4 is 17.8 Å². The van der Waals surface area contributed by atoms with Crippen LogP contribution in [0, 0.1) is 5.82 Å². The largest absolute Gasteiger partial charge is 0.495 e. The van der Waals surface area contributed by atoms with Crippen LogP contribution in [-0.4, -0.2) is 55.7 Å². The topological polar surface area (TPSA) is 119 Å². The van der Waals surface area contributed by atoms with Crippen molar-refractivity contribution < 1.29 is 36.9 Å². The molecule has 12 heteroatoms. The van der Waals surface area contributed by atoms with E-state index in [4.69, 9.17) is 15.2 Å². The Morgan fingerprint density at radius 3 is 2.59 bits per heavy atom. The van der Waals surface area contributed by atoms with Crippen LogP contribution in [0.5, 0.6) is 11.5 Å². The number of hydrogen-bond acceptors (Lipinski definition) is 7. The summed E-state index contributed by atoms with van der Waals surface area (Å²) in [5.41, 5.74) is 2.86. The van der Waals surface area contributed by atoms with Gasteiger partial charge in [0.15, 0.2) is 0 Å². The van der Waals surface area contributed by atoms with Gasteiger partial charge in [0.05, 0.1) is 31.6 Å². The lowest BCUT2D eigenvalue weighted by Crippen LogP contribution is -2.51. The highest BCUT2D eigenvalue weighted by molar-refractivity contribution is 5.99. The van der Waals surface area contributed by atoms with Crippen molar-refractivity contribution in [3.8, 4) is 22.8 Å². The van der Waals surface area contributed by atoms with E-state index < -0.39 is 35.7 Å². The number of aliphatic hydroxyl groups is 1. The van der Waals surface area contributed by atoms with Crippen LogP contribution in [0.3, 0.4) is 0 Å². The predicted molar refractivity (Wildman–Crippen MR) is 137 cm³/mol. The first-order chi connectivity index (χ1) is 18.4. The van der Waals surface area contributed by atoms with Gasteiger partial charge in [-0.3, -0.25) is 9.79 Å². The van der Waals surface area contributed by atoms with Crippen molar-refractivity contribution in [2.24, 2.45) is 4.99 Å². The minimum Gasteiger partial charge on any atom is -0.495 e. The van der Waals surface area contributed by atoms with Gasteiger partial charge in [-0.1, -0.05) is 6.92 Å². The van der Waals surface area contributed by atoms with Gasteiger partial charge in [-0.25, -0.2) is 9.37 Å². The van der Waals surface area contributed by atoms with Crippen LogP contribution < -0.4 is 20.5 Å². The Labute approximate surface area is 221 Å². The third kappa shape index (κ3) is 5.24. The molecular weight excluding hydrogens is 520 g/mol. The van der Waals surface area contributed by atoms with Crippen LogP contribution >= 0.6 is 0 Å². The van der Waals surface area contributed by atoms with Crippen molar-refractivity contribution in [1.29, 1.82) is 0 Å². The van der Waals surface area contributed by atoms with Crippen LogP contribution in [0.2, 0.25) is 0 Å². The minimum atomic E-state index is -5.23. The third-order valence-corrected chi connectivity index (χ3v) is 6.45. The summed E-state index contributed by atoms with van der Waals surface area (Å²) in [4.78, 5) is 20.9. The molecule has 0 unspecified atom stereocenters. The number of nitrogen functional groups attached to an aromatic ring is 1. The minimum absolute atomic E-state index is 0.0209. The highest BCUT2D eigenvalue weighted by Gasteiger charge is 2.57. The lowest BCUT2D eigenvalue weighted by molar-refractivity contribution is -0.265. The average Bonchev–Trinajstić information content (AvgIpc) is 3.28. The van der Waals surface area contributed by atoms with Crippen LogP contribution in [0.1, 0.15) is 40.0 Å². The summed E-state index contributed by atoms with van der Waals surface area (Å²) >= 11 is 0. The number of methoxy groups -OCH3 is 1. The molecule has 0 spiro atoms. The van der Waals surface area contributed by atoms with Crippen LogP contribution in [0.4, 0.5) is 23.2 Å². The monoisotopic (exact) mass is 546 g/mol. The van der Waals surface area contributed by atoms with Gasteiger partial charge in [-0.15, -0.1) is 0 Å². The van der Waals surface area contributed by atoms with E-state index in [1.807, 2.05) is 0 Å². The second-order valence-corrected chi connectivity index (χ2v) is 9.10. The van der Waals surface area contributed by atoms with E-state index >= 15 is 0 Å². The zero-order valence-corrected chi connectivity index (χ0v) is 21.3. The Hall–Kier alpha value is -4.19. The molecule has 8 nitrogen and oxygen atoms in total. The second kappa shape index (κ2) is 10.5. The predicted octanol–water partition coefficient (Wildman–Crippen LogP) is 4.20. The molecule has 4 rings (SSSR count). The molecule has 0 fully saturated rings. The number of pyridine rings is 1. The summed E-state index contributed by atoms with van der Waals surface area (Å²) in [6.07, 6.45) is -3.86. The van der Waals surface area contributed by atoms with Crippen molar-refractivity contribution in [1.82, 2.24) is 10.3 Å². The molecule has 0 bridgehead atoms. The fourth-order valence-electron chi connectivity index (χ4n) is 4.22. The molecule has 0 radical (unpaired) electrons. The van der Waals surface area contributed by atoms with Gasteiger partial charge < -0.3 is 25.6 Å². The van der Waals surface area contributed by atoms with Gasteiger partial charge in [-0.05, 0) is 42.5 Å². The van der Waals surface area contributed by atoms with E-state index in [1.54, 1.807) is 6.92 Å². The van der Waals surface area contributed by atoms with E-state index in [0.29, 0.717) is 16.7 Å². The van der Waals surface area contributed by atoms with Gasteiger partial charge in [-0.2, -0.15) is 13.2 Å². The van der Waals surface area contributed by atoms with Gasteiger partial charge in [0.2, 0.25) is 5.60 Å². The number of amides is 1. The maximum Gasteiger partial charge on any atom is 0.424 e. The Morgan fingerprint density at radius 1 is 1.28 bits per heavy atom. The fraction of sp³-hybridized carbons (Fsp3) is 0.296. The molecule has 1 amide bonds. The maximum absolute atomic E-state index is 14.4. The van der Waals surface area contributed by atoms with Crippen molar-refractivity contribution in [2.45, 2.75) is 24.6 Å². The highest BCUT2D eigenvalue weighted by atomic mass is 19.4. The number of hydrogen-bond donors (Lipinski definition) is 3. The number of halogens is 4. The number of rotatable bonds is 7. The molecule has 0 aliphatic carbocycles. The van der Waals surface area contributed by atoms with E-state index in [2.05, 4.69) is 15.3 Å². The Balaban J connectivity index is 1.75. The SMILES string of the molecule is CN=Cc1cc(C(=O)NC[C@](O)(c2cc3c(c(-c4ccc(F)cc4)n2)OC[C@H]3C)C(F)(F)F)cc(OC)c1N. The molecule has 4 N–H and O–H groups in total. The standard InChI is InChI=1S/C27H26F4N4O4/c1-14-12-39-24-19(14)10-21(35-23(24)15-4-6-18(28)7-5-15)26(37,27(29,30)31)13-34-25(36)16-8-17(11-33-2)22(32)20(9-16)38-3/h4-11,14,37H,12-13,32H2,1-3H3,(H,34,36)/t14-,26+/m1/s1. The zero-order valence-electron chi connectivity index (χ0n) is 21.3. The van der Waals surface area contributed by atoms with E-state index in [-0.39, 0.29) is 41.0 Å². The summed E-state index contributed by atoms with van der Waals surface area (Å²) in [7, 11) is 2.81. The molecule has 39 heavy (non-hydrogen) atoms. The number of fused-ring (bicyclic) bond motifs is 1. The molecular formula is C27H26F4N4O4. The highest BCUT2D eigenvalue weighted by Crippen LogP contribution is 2.45. The number of carbonyl (C=O) groups excluding carboxylic acids is 1. The molecule has 2 heterocycles. The number of ether oxygens (including phenoxy) is 2. The zero-order chi connectivity index (χ0) is 28.5. The molecule has 3 aromatic rings. The molecule has 2 atom stereocenters. The van der Waals surface area contributed by atoms with Crippen molar-refractivity contribution in [3.05, 3.63) is 70.7 Å². The number of nitrogens with zero attached hydrogens (tertiary/aromatic N) is 2. The van der Waals surface area contributed by atoms with E-state index in [9.17, 15) is 27.5 Å². The number of carbonyl (C=O) groups is 1. The molecule has 206 valence electrons. The summed E-state index contributed by atoms with van der Waals surface area (Å²) in [5, 5.41) is 13.2. The molecule has 1 aliphatic heterocycles. The third-order valence-electron chi connectivity index (χ3n) is 6.45. The molecule has 0 saturated heterocycles. The van der Waals surface area contributed by atoms with Gasteiger partial charge >= 0.3 is 6.18 Å². The summed E-state index contributed by atoms with van der Waals surface area (Å²) < 4.78 is 67.7. The maximum atomic E-state index is 14.4. The number of aliphatic imine (C=N–C) groups is 1. The molecule has 2 aromatic carbocycles. The van der Waals surface area contributed by atoms with E-state index in [0.717, 1.165) is 18.2 Å². The van der Waals surface area contributed by atoms with Crippen LogP contribution in [0.25, 0.3) is 11.3 Å². The first kappa shape index (κ1) is 27.8. The summed E-state index contributed by atoms with van der Waals surface area (Å²) in [6.45, 7) is 0.700. The number of nitrogens with one attached hydrogen (secondary N) is 1. The Kier molecular flexibility index (Phi) is 7.51. The van der Waals surface area contributed by atoms with Gasteiger partial charge in [0.1, 0.15) is 23.0 Å². The van der Waals surface area contributed by atoms with Crippen LogP contribution in [0.15, 0.2) is 47.5 Å². The summed E-state index contributed by atoms with van der Waals surface area (Å²) in [5.74, 6) is -1.37. The smallest absolute Gasteiger partial charge is 0.424 e. The first-order valence-corrected chi connectivity index (χ1v) is 11.8. The number of alkyl halides is 3. The number of anilines is 1. The number of benzene rings is 2. The lowest BCUT2D eigenvalue weighted by Gasteiger charge is -2.31. The second-order valence-electron chi connectivity index (χ2n) is 9.10. The van der Waals surface area contributed by atoms with Crippen molar-refractivity contribution in [2.75, 3.05) is 33.0 Å². The number of nitrogens with two attached hydrogens (primary N) is 1. The average molecular weight is 547 g/mol. The quantitative estimate of drug-likeness (QED) is 0.232. The van der Waals surface area contributed by atoms with Gasteiger partial charge in [0.25, 0.3) is 5.91 Å². The molecule has 1 aliphatic rings.